The minimum atomic E-state index is -1.17. The number of phenols is 1. The summed E-state index contributed by atoms with van der Waals surface area (Å²) in [5.74, 6) is -1.16. The van der Waals surface area contributed by atoms with Crippen LogP contribution in [-0.2, 0) is 31.9 Å². The van der Waals surface area contributed by atoms with Gasteiger partial charge in [0.05, 0.1) is 6.04 Å². The first-order chi connectivity index (χ1) is 26.2. The molecule has 3 atom stereocenters. The van der Waals surface area contributed by atoms with E-state index in [0.29, 0.717) is 25.1 Å². The fraction of sp³-hybridized carbons (Fsp3) is 0.525. The van der Waals surface area contributed by atoms with Crippen LogP contribution in [0.15, 0.2) is 47.0 Å². The number of aromatic nitrogens is 2. The number of hydrogen-bond acceptors (Lipinski definition) is 11. The zero-order valence-corrected chi connectivity index (χ0v) is 33.7. The molecular formula is C40H58N8O8. The predicted octanol–water partition coefficient (Wildman–Crippen LogP) is 4.82. The number of hydrogen-bond donors (Lipinski definition) is 7. The van der Waals surface area contributed by atoms with Gasteiger partial charge < -0.3 is 46.1 Å². The molecule has 16 heteroatoms. The molecule has 0 unspecified atom stereocenters. The van der Waals surface area contributed by atoms with Gasteiger partial charge in [-0.05, 0) is 109 Å². The number of guanidine groups is 1. The number of nitrogens with two attached hydrogens (primary N) is 1. The number of ketones is 1. The molecule has 56 heavy (non-hydrogen) atoms. The summed E-state index contributed by atoms with van der Waals surface area (Å²) in [6.45, 7) is 14.3. The van der Waals surface area contributed by atoms with Crippen LogP contribution in [0.4, 0.5) is 9.59 Å². The van der Waals surface area contributed by atoms with Crippen molar-refractivity contribution in [2.24, 2.45) is 5.73 Å². The molecular weight excluding hydrogens is 720 g/mol. The zero-order chi connectivity index (χ0) is 41.6. The Morgan fingerprint density at radius 2 is 1.50 bits per heavy atom. The van der Waals surface area contributed by atoms with Gasteiger partial charge in [-0.1, -0.05) is 35.5 Å². The first kappa shape index (κ1) is 44.7. The Balaban J connectivity index is 1.93. The molecule has 3 rings (SSSR count). The third-order valence-corrected chi connectivity index (χ3v) is 8.43. The highest BCUT2D eigenvalue weighted by molar-refractivity contribution is 5.92. The maximum Gasteiger partial charge on any atom is 0.408 e. The van der Waals surface area contributed by atoms with E-state index in [1.807, 2.05) is 30.3 Å². The number of rotatable bonds is 18. The molecule has 0 saturated carbocycles. The van der Waals surface area contributed by atoms with Crippen molar-refractivity contribution in [3.8, 4) is 5.75 Å². The molecule has 0 aliphatic heterocycles. The van der Waals surface area contributed by atoms with Gasteiger partial charge in [0, 0.05) is 38.3 Å². The first-order valence-corrected chi connectivity index (χ1v) is 18.7. The molecule has 16 nitrogen and oxygen atoms in total. The number of carbonyl (C=O) groups excluding carboxylic acids is 4. The number of amides is 3. The van der Waals surface area contributed by atoms with Crippen LogP contribution in [-0.4, -0.2) is 81.5 Å². The van der Waals surface area contributed by atoms with Gasteiger partial charge in [0.2, 0.25) is 11.8 Å². The van der Waals surface area contributed by atoms with Gasteiger partial charge in [0.25, 0.3) is 0 Å². The van der Waals surface area contributed by atoms with E-state index in [-0.39, 0.29) is 55.7 Å². The van der Waals surface area contributed by atoms with Gasteiger partial charge in [-0.2, -0.15) is 4.98 Å². The fourth-order valence-corrected chi connectivity index (χ4v) is 5.92. The SMILES string of the molecule is Cc1cc(O)cc(C)c1C[C@H](NC(=O)[C@@H](CCNC(=N)N)NC(=O)OC(C)(C)C)C(=O)C[C@@H](CCCNC(=O)OC(C)(C)C)c1nc(Cc2ccccc2)no1. The van der Waals surface area contributed by atoms with E-state index in [9.17, 15) is 24.3 Å². The molecule has 0 radical (unpaired) electrons. The van der Waals surface area contributed by atoms with Crippen LogP contribution in [0.25, 0.3) is 0 Å². The normalized spacial score (nSPS) is 13.1. The number of phenolic OH excluding ortho intramolecular Hbond substituents is 1. The number of Topliss-reactive ketones (excluding diaryl/α,β-unsaturated/α-hetero) is 1. The molecule has 0 fully saturated rings. The summed E-state index contributed by atoms with van der Waals surface area (Å²) in [5, 5.41) is 32.7. The number of benzene rings is 2. The van der Waals surface area contributed by atoms with Gasteiger partial charge in [-0.25, -0.2) is 9.59 Å². The third-order valence-electron chi connectivity index (χ3n) is 8.43. The Morgan fingerprint density at radius 3 is 2.11 bits per heavy atom. The van der Waals surface area contributed by atoms with E-state index in [1.165, 1.54) is 0 Å². The van der Waals surface area contributed by atoms with Crippen molar-refractivity contribution in [1.82, 2.24) is 31.4 Å². The minimum absolute atomic E-state index is 0.0162. The van der Waals surface area contributed by atoms with Crippen molar-refractivity contribution >= 4 is 29.8 Å². The smallest absolute Gasteiger partial charge is 0.408 e. The highest BCUT2D eigenvalue weighted by Crippen LogP contribution is 2.27. The van der Waals surface area contributed by atoms with Crippen LogP contribution < -0.4 is 27.0 Å². The number of nitrogens with zero attached hydrogens (tertiary/aromatic N) is 2. The molecule has 0 saturated heterocycles. The number of alkyl carbamates (subject to hydrolysis) is 2. The Hall–Kier alpha value is -5.67. The topological polar surface area (TPSA) is 244 Å². The van der Waals surface area contributed by atoms with Crippen molar-refractivity contribution in [2.45, 2.75) is 123 Å². The molecule has 2 aromatic carbocycles. The van der Waals surface area contributed by atoms with Crippen molar-refractivity contribution in [3.05, 3.63) is 76.4 Å². The van der Waals surface area contributed by atoms with Gasteiger partial charge in [0.1, 0.15) is 23.0 Å². The van der Waals surface area contributed by atoms with Crippen molar-refractivity contribution in [2.75, 3.05) is 13.1 Å². The highest BCUT2D eigenvalue weighted by Gasteiger charge is 2.32. The average Bonchev–Trinajstić information content (AvgIpc) is 3.53. The lowest BCUT2D eigenvalue weighted by Crippen LogP contribution is -2.54. The summed E-state index contributed by atoms with van der Waals surface area (Å²) in [7, 11) is 0. The van der Waals surface area contributed by atoms with Crippen molar-refractivity contribution < 1.29 is 38.3 Å². The minimum Gasteiger partial charge on any atom is -0.508 e. The number of aryl methyl sites for hydroxylation is 2. The maximum atomic E-state index is 14.5. The molecule has 3 aromatic rings. The summed E-state index contributed by atoms with van der Waals surface area (Å²) in [4.78, 5) is 58.2. The zero-order valence-electron chi connectivity index (χ0n) is 33.7. The Bertz CT molecular complexity index is 1780. The quantitative estimate of drug-likeness (QED) is 0.0522. The van der Waals surface area contributed by atoms with Gasteiger partial charge in [-0.15, -0.1) is 0 Å². The van der Waals surface area contributed by atoms with Crippen LogP contribution in [0.3, 0.4) is 0 Å². The first-order valence-electron chi connectivity index (χ1n) is 18.7. The Morgan fingerprint density at radius 1 is 0.875 bits per heavy atom. The fourth-order valence-electron chi connectivity index (χ4n) is 5.92. The molecule has 306 valence electrons. The van der Waals surface area contributed by atoms with Crippen molar-refractivity contribution in [1.29, 1.82) is 5.41 Å². The average molecular weight is 779 g/mol. The summed E-state index contributed by atoms with van der Waals surface area (Å²) < 4.78 is 16.5. The van der Waals surface area contributed by atoms with Crippen LogP contribution in [0.2, 0.25) is 0 Å². The number of carbonyl (C=O) groups is 4. The third kappa shape index (κ3) is 16.0. The summed E-state index contributed by atoms with van der Waals surface area (Å²) in [5.41, 5.74) is 7.10. The van der Waals surface area contributed by atoms with Crippen LogP contribution >= 0.6 is 0 Å². The molecule has 1 heterocycles. The van der Waals surface area contributed by atoms with E-state index in [4.69, 9.17) is 25.1 Å². The molecule has 0 bridgehead atoms. The second-order valence-electron chi connectivity index (χ2n) is 15.8. The number of ether oxygens (including phenoxy) is 2. The lowest BCUT2D eigenvalue weighted by Gasteiger charge is -2.26. The molecule has 8 N–H and O–H groups in total. The van der Waals surface area contributed by atoms with Gasteiger partial charge in [0.15, 0.2) is 17.6 Å². The molecule has 0 aliphatic carbocycles. The van der Waals surface area contributed by atoms with Crippen LogP contribution in [0, 0.1) is 19.3 Å². The molecule has 0 spiro atoms. The summed E-state index contributed by atoms with van der Waals surface area (Å²) in [6, 6.07) is 10.5. The van der Waals surface area contributed by atoms with Crippen molar-refractivity contribution in [3.63, 3.8) is 0 Å². The molecule has 0 aliphatic rings. The standard InChI is InChI=1S/C40H58N8O8/c1-24-19-28(49)20-25(2)29(24)23-31(45-34(51)30(16-18-43-36(41)42)46-38(53)55-40(6,7)8)32(50)22-27(15-12-17-44-37(52)54-39(3,4)5)35-47-33(48-56-35)21-26-13-10-9-11-14-26/h9-11,13-14,19-20,27,30-31,49H,12,15-18,21-23H2,1-8H3,(H,44,52)(H,45,51)(H,46,53)(H4,41,42,43)/t27-,30-,31+/m1/s1. The maximum absolute atomic E-state index is 14.5. The summed E-state index contributed by atoms with van der Waals surface area (Å²) in [6.07, 6.45) is -0.215. The van der Waals surface area contributed by atoms with E-state index in [0.717, 1.165) is 22.3 Å². The van der Waals surface area contributed by atoms with Crippen LogP contribution in [0.1, 0.15) is 107 Å². The van der Waals surface area contributed by atoms with E-state index < -0.39 is 47.3 Å². The lowest BCUT2D eigenvalue weighted by atomic mass is 9.89. The van der Waals surface area contributed by atoms with E-state index in [2.05, 4.69) is 31.4 Å². The lowest BCUT2D eigenvalue weighted by molar-refractivity contribution is -0.129. The van der Waals surface area contributed by atoms with E-state index >= 15 is 0 Å². The predicted molar refractivity (Wildman–Crippen MR) is 210 cm³/mol. The van der Waals surface area contributed by atoms with Gasteiger partial charge >= 0.3 is 12.2 Å². The second kappa shape index (κ2) is 20.3. The Kier molecular flexibility index (Phi) is 16.2. The van der Waals surface area contributed by atoms with Gasteiger partial charge in [-0.3, -0.25) is 15.0 Å². The monoisotopic (exact) mass is 778 g/mol. The van der Waals surface area contributed by atoms with Crippen LogP contribution in [0.5, 0.6) is 5.75 Å². The Labute approximate surface area is 328 Å². The van der Waals surface area contributed by atoms with E-state index in [1.54, 1.807) is 67.5 Å². The molecule has 1 aromatic heterocycles. The molecule has 3 amide bonds. The largest absolute Gasteiger partial charge is 0.508 e. The highest BCUT2D eigenvalue weighted by atomic mass is 16.6. The second-order valence-corrected chi connectivity index (χ2v) is 15.8. The number of aromatic hydroxyl groups is 1. The number of nitrogens with one attached hydrogen (secondary N) is 5. The summed E-state index contributed by atoms with van der Waals surface area (Å²) >= 11 is 0.